The summed E-state index contributed by atoms with van der Waals surface area (Å²) in [7, 11) is 0. The average molecular weight is 700 g/mol. The summed E-state index contributed by atoms with van der Waals surface area (Å²) in [6.07, 6.45) is 2.30. The van der Waals surface area contributed by atoms with Gasteiger partial charge in [0.05, 0.1) is 18.1 Å². The number of aliphatic carboxylic acids is 1. The van der Waals surface area contributed by atoms with E-state index in [2.05, 4.69) is 67.8 Å². The lowest BCUT2D eigenvalue weighted by Gasteiger charge is -2.44. The van der Waals surface area contributed by atoms with E-state index in [1.165, 1.54) is 11.1 Å². The highest BCUT2D eigenvalue weighted by Gasteiger charge is 2.40. The zero-order valence-corrected chi connectivity index (χ0v) is 30.8. The van der Waals surface area contributed by atoms with E-state index in [9.17, 15) is 19.5 Å². The molecule has 0 saturated carbocycles. The molecule has 2 heterocycles. The molecule has 0 spiro atoms. The minimum Gasteiger partial charge on any atom is -0.493 e. The lowest BCUT2D eigenvalue weighted by Crippen LogP contribution is -2.62. The van der Waals surface area contributed by atoms with E-state index >= 15 is 0 Å². The van der Waals surface area contributed by atoms with Crippen LogP contribution in [0.5, 0.6) is 5.75 Å². The number of rotatable bonds is 13. The standard InChI is InChI=1S/C41H50ClN3O5/c1-25-19-26(2)28(4)36(20-25)50-18-16-29-11-13-30(14-12-29)33-22-32-23-45(37(46)15-17-41(5,6)40(48)49)24-35(44-32)38(33)39(47)43-27(3)21-31-9-7-8-10-34(31)42/h7-14,19-20,27,32,35,44H,15-18,21-24H2,1-6H3,(H,43,47)(H,48,49)/t27?,32-,35-/m1/s1. The van der Waals surface area contributed by atoms with Crippen LogP contribution in [0.15, 0.2) is 66.2 Å². The predicted molar refractivity (Wildman–Crippen MR) is 199 cm³/mol. The number of carbonyl (C=O) groups is 3. The third-order valence-electron chi connectivity index (χ3n) is 10.1. The van der Waals surface area contributed by atoms with Crippen LogP contribution in [0.3, 0.4) is 0 Å². The van der Waals surface area contributed by atoms with Gasteiger partial charge in [-0.05, 0) is 112 Å². The fourth-order valence-corrected chi connectivity index (χ4v) is 7.13. The Bertz CT molecular complexity index is 1770. The summed E-state index contributed by atoms with van der Waals surface area (Å²) in [6, 6.07) is 19.7. The molecule has 1 unspecified atom stereocenters. The zero-order chi connectivity index (χ0) is 36.2. The van der Waals surface area contributed by atoms with Crippen molar-refractivity contribution < 1.29 is 24.2 Å². The molecule has 3 N–H and O–H groups in total. The third kappa shape index (κ3) is 8.95. The van der Waals surface area contributed by atoms with E-state index in [1.54, 1.807) is 18.7 Å². The quantitative estimate of drug-likeness (QED) is 0.180. The van der Waals surface area contributed by atoms with Crippen molar-refractivity contribution >= 4 is 35.0 Å². The topological polar surface area (TPSA) is 108 Å². The van der Waals surface area contributed by atoms with Gasteiger partial charge in [-0.15, -0.1) is 0 Å². The molecule has 5 rings (SSSR count). The lowest BCUT2D eigenvalue weighted by molar-refractivity contribution is -0.148. The maximum atomic E-state index is 14.2. The van der Waals surface area contributed by atoms with Crippen LogP contribution in [0.1, 0.15) is 73.4 Å². The smallest absolute Gasteiger partial charge is 0.309 e. The van der Waals surface area contributed by atoms with Crippen LogP contribution in [-0.2, 0) is 27.2 Å². The minimum atomic E-state index is -0.994. The van der Waals surface area contributed by atoms with E-state index in [-0.39, 0.29) is 42.8 Å². The molecule has 0 radical (unpaired) electrons. The molecular weight excluding hydrogens is 650 g/mol. The maximum Gasteiger partial charge on any atom is 0.309 e. The molecule has 0 aromatic heterocycles. The number of halogens is 1. The first-order chi connectivity index (χ1) is 23.7. The Morgan fingerprint density at radius 2 is 1.78 bits per heavy atom. The second-order valence-electron chi connectivity index (χ2n) is 14.7. The Morgan fingerprint density at radius 1 is 1.06 bits per heavy atom. The summed E-state index contributed by atoms with van der Waals surface area (Å²) in [4.78, 5) is 41.0. The highest BCUT2D eigenvalue weighted by Crippen LogP contribution is 2.34. The molecule has 1 saturated heterocycles. The van der Waals surface area contributed by atoms with Crippen LogP contribution >= 0.6 is 11.6 Å². The van der Waals surface area contributed by atoms with E-state index in [0.717, 1.165) is 40.0 Å². The Hall–Kier alpha value is -4.14. The van der Waals surface area contributed by atoms with Crippen LogP contribution in [0.4, 0.5) is 0 Å². The molecule has 3 aromatic carbocycles. The molecule has 266 valence electrons. The van der Waals surface area contributed by atoms with E-state index < -0.39 is 11.4 Å². The Labute approximate surface area is 301 Å². The Morgan fingerprint density at radius 3 is 2.48 bits per heavy atom. The number of aryl methyl sites for hydroxylation is 2. The van der Waals surface area contributed by atoms with Gasteiger partial charge < -0.3 is 25.4 Å². The molecule has 3 aromatic rings. The van der Waals surface area contributed by atoms with Crippen molar-refractivity contribution in [3.05, 3.63) is 105 Å². The summed E-state index contributed by atoms with van der Waals surface area (Å²) < 4.78 is 6.17. The van der Waals surface area contributed by atoms with Crippen molar-refractivity contribution in [2.75, 3.05) is 19.7 Å². The van der Waals surface area contributed by atoms with Gasteiger partial charge >= 0.3 is 5.97 Å². The van der Waals surface area contributed by atoms with Crippen LogP contribution < -0.4 is 15.4 Å². The number of ether oxygens (including phenoxy) is 1. The van der Waals surface area contributed by atoms with Gasteiger partial charge in [0.1, 0.15) is 5.75 Å². The highest BCUT2D eigenvalue weighted by molar-refractivity contribution is 6.31. The summed E-state index contributed by atoms with van der Waals surface area (Å²) >= 11 is 6.43. The number of carboxylic acid groups (broad SMARTS) is 1. The highest BCUT2D eigenvalue weighted by atomic mass is 35.5. The normalized spacial score (nSPS) is 18.1. The van der Waals surface area contributed by atoms with Crippen molar-refractivity contribution in [3.8, 4) is 5.75 Å². The number of benzene rings is 3. The molecule has 2 amide bonds. The van der Waals surface area contributed by atoms with E-state index in [0.29, 0.717) is 43.1 Å². The Kier molecular flexibility index (Phi) is 11.7. The number of fused-ring (bicyclic) bond motifs is 2. The maximum absolute atomic E-state index is 14.2. The SMILES string of the molecule is Cc1cc(C)c(C)c(OCCc2ccc(C3=C(C(=O)NC(C)Cc4ccccc4Cl)[C@H]4CN(C(=O)CCC(C)(C)C(=O)O)C[C@@H](C3)N4)cc2)c1. The number of amides is 2. The van der Waals surface area contributed by atoms with Gasteiger partial charge in [0.15, 0.2) is 0 Å². The molecule has 1 fully saturated rings. The summed E-state index contributed by atoms with van der Waals surface area (Å²) in [5.74, 6) is -0.259. The molecular formula is C41H50ClN3O5. The van der Waals surface area contributed by atoms with Crippen LogP contribution in [0, 0.1) is 26.2 Å². The number of hydrogen-bond acceptors (Lipinski definition) is 5. The second-order valence-corrected chi connectivity index (χ2v) is 15.1. The molecule has 2 aliphatic rings. The van der Waals surface area contributed by atoms with Crippen LogP contribution in [0.2, 0.25) is 5.02 Å². The minimum absolute atomic E-state index is 0.0358. The van der Waals surface area contributed by atoms with E-state index in [1.807, 2.05) is 31.2 Å². The molecule has 50 heavy (non-hydrogen) atoms. The Balaban J connectivity index is 1.35. The first-order valence-electron chi connectivity index (χ1n) is 17.6. The van der Waals surface area contributed by atoms with Crippen molar-refractivity contribution in [2.45, 2.75) is 91.8 Å². The van der Waals surface area contributed by atoms with Gasteiger partial charge in [-0.2, -0.15) is 0 Å². The number of nitrogens with zero attached hydrogens (tertiary/aromatic N) is 1. The van der Waals surface area contributed by atoms with E-state index in [4.69, 9.17) is 16.3 Å². The predicted octanol–water partition coefficient (Wildman–Crippen LogP) is 6.85. The van der Waals surface area contributed by atoms with Crippen molar-refractivity contribution in [1.82, 2.24) is 15.5 Å². The number of carbonyl (C=O) groups excluding carboxylic acids is 2. The average Bonchev–Trinajstić information content (AvgIpc) is 3.06. The van der Waals surface area contributed by atoms with Gasteiger partial charge in [0.2, 0.25) is 11.8 Å². The molecule has 0 aliphatic carbocycles. The monoisotopic (exact) mass is 699 g/mol. The fraction of sp³-hybridized carbons (Fsp3) is 0.439. The van der Waals surface area contributed by atoms with Gasteiger partial charge in [-0.1, -0.05) is 60.1 Å². The number of carboxylic acids is 1. The molecule has 9 heteroatoms. The second kappa shape index (κ2) is 15.8. The van der Waals surface area contributed by atoms with Gasteiger partial charge in [0.25, 0.3) is 0 Å². The summed E-state index contributed by atoms with van der Waals surface area (Å²) in [5, 5.41) is 17.0. The van der Waals surface area contributed by atoms with Gasteiger partial charge in [0, 0.05) is 48.6 Å². The first kappa shape index (κ1) is 37.1. The van der Waals surface area contributed by atoms with Crippen LogP contribution in [-0.4, -0.2) is 65.6 Å². The van der Waals surface area contributed by atoms with Gasteiger partial charge in [-0.25, -0.2) is 0 Å². The lowest BCUT2D eigenvalue weighted by atomic mass is 9.82. The molecule has 2 aliphatic heterocycles. The summed E-state index contributed by atoms with van der Waals surface area (Å²) in [6.45, 7) is 12.9. The molecule has 2 bridgehead atoms. The largest absolute Gasteiger partial charge is 0.493 e. The van der Waals surface area contributed by atoms with Crippen molar-refractivity contribution in [3.63, 3.8) is 0 Å². The van der Waals surface area contributed by atoms with Crippen LogP contribution in [0.25, 0.3) is 5.57 Å². The first-order valence-corrected chi connectivity index (χ1v) is 17.9. The number of hydrogen-bond donors (Lipinski definition) is 3. The van der Waals surface area contributed by atoms with Crippen molar-refractivity contribution in [2.24, 2.45) is 5.41 Å². The zero-order valence-electron chi connectivity index (χ0n) is 30.1. The molecule has 8 nitrogen and oxygen atoms in total. The van der Waals surface area contributed by atoms with Gasteiger partial charge in [-0.3, -0.25) is 14.4 Å². The fourth-order valence-electron chi connectivity index (χ4n) is 6.92. The summed E-state index contributed by atoms with van der Waals surface area (Å²) in [5.41, 5.74) is 7.28. The third-order valence-corrected chi connectivity index (χ3v) is 10.5. The number of nitrogens with one attached hydrogen (secondary N) is 2. The van der Waals surface area contributed by atoms with Crippen molar-refractivity contribution in [1.29, 1.82) is 0 Å². The molecule has 3 atom stereocenters. The number of piperazine rings is 1.